The number of aromatic nitrogens is 1. The Bertz CT molecular complexity index is 1200. The Balaban J connectivity index is 1.57. The number of rotatable bonds is 4. The van der Waals surface area contributed by atoms with E-state index in [0.29, 0.717) is 0 Å². The minimum absolute atomic E-state index is 0.190. The minimum atomic E-state index is -0.190. The second-order valence-corrected chi connectivity index (χ2v) is 8.36. The highest BCUT2D eigenvalue weighted by Gasteiger charge is 2.27. The lowest BCUT2D eigenvalue weighted by Crippen LogP contribution is -2.36. The zero-order valence-electron chi connectivity index (χ0n) is 18.6. The van der Waals surface area contributed by atoms with Crippen molar-refractivity contribution in [2.75, 3.05) is 13.6 Å². The molecule has 3 aliphatic rings. The number of amidine groups is 2. The topological polar surface area (TPSA) is 53.2 Å². The number of pyridine rings is 1. The number of aliphatic imine (C=N–C) groups is 3. The van der Waals surface area contributed by atoms with E-state index in [9.17, 15) is 0 Å². The number of allylic oxidation sites excluding steroid dienone is 3. The van der Waals surface area contributed by atoms with Gasteiger partial charge in [0.1, 0.15) is 5.84 Å². The van der Waals surface area contributed by atoms with E-state index >= 15 is 0 Å². The van der Waals surface area contributed by atoms with Crippen LogP contribution in [0.5, 0.6) is 0 Å². The van der Waals surface area contributed by atoms with Crippen LogP contribution < -0.4 is 0 Å². The average molecular weight is 422 g/mol. The van der Waals surface area contributed by atoms with Gasteiger partial charge in [-0.2, -0.15) is 0 Å². The molecular formula is C27H27N5. The Kier molecular flexibility index (Phi) is 5.63. The fourth-order valence-electron chi connectivity index (χ4n) is 4.20. The van der Waals surface area contributed by atoms with Crippen molar-refractivity contribution in [1.82, 2.24) is 9.88 Å². The largest absolute Gasteiger partial charge is 0.333 e. The van der Waals surface area contributed by atoms with Gasteiger partial charge in [-0.1, -0.05) is 54.1 Å². The first-order valence-corrected chi connectivity index (χ1v) is 11.2. The first kappa shape index (κ1) is 20.3. The highest BCUT2D eigenvalue weighted by atomic mass is 15.3. The lowest BCUT2D eigenvalue weighted by molar-refractivity contribution is 0.382. The lowest BCUT2D eigenvalue weighted by atomic mass is 10.0. The van der Waals surface area contributed by atoms with Crippen LogP contribution in [0.3, 0.4) is 0 Å². The first-order chi connectivity index (χ1) is 15.7. The average Bonchev–Trinajstić information content (AvgIpc) is 2.85. The summed E-state index contributed by atoms with van der Waals surface area (Å²) in [6, 6.07) is 14.5. The molecule has 0 saturated heterocycles. The molecule has 5 heteroatoms. The van der Waals surface area contributed by atoms with Crippen LogP contribution in [0.25, 0.3) is 0 Å². The van der Waals surface area contributed by atoms with Gasteiger partial charge in [-0.3, -0.25) is 9.98 Å². The molecule has 0 spiro atoms. The first-order valence-electron chi connectivity index (χ1n) is 11.2. The van der Waals surface area contributed by atoms with E-state index in [1.54, 1.807) is 0 Å². The summed E-state index contributed by atoms with van der Waals surface area (Å²) in [5.74, 6) is 1.71. The third-order valence-electron chi connectivity index (χ3n) is 5.96. The maximum absolute atomic E-state index is 5.09. The van der Waals surface area contributed by atoms with Crippen LogP contribution >= 0.6 is 0 Å². The van der Waals surface area contributed by atoms with Crippen LogP contribution in [-0.4, -0.2) is 40.9 Å². The summed E-state index contributed by atoms with van der Waals surface area (Å²) in [4.78, 5) is 21.5. The maximum Gasteiger partial charge on any atom is 0.159 e. The standard InChI is InChI=1S/C27H27N5/c1-19-13-15-28-23(17-19)24-18-22(14-16-29-24)27-31-25(20-9-5-3-6-10-20)30-26(32(27)2)21-11-7-4-8-12-21/h4-5,7-12,14,16-18,27H,3,6,13,15H2,1-2H3. The van der Waals surface area contributed by atoms with Crippen LogP contribution in [0.1, 0.15) is 49.2 Å². The molecule has 3 heterocycles. The molecule has 0 N–H and O–H groups in total. The molecule has 2 aliphatic heterocycles. The molecule has 1 aromatic carbocycles. The van der Waals surface area contributed by atoms with Crippen molar-refractivity contribution in [3.63, 3.8) is 0 Å². The van der Waals surface area contributed by atoms with Gasteiger partial charge in [0, 0.05) is 36.5 Å². The van der Waals surface area contributed by atoms with E-state index in [0.717, 1.165) is 65.6 Å². The molecule has 0 fully saturated rings. The van der Waals surface area contributed by atoms with Gasteiger partial charge in [-0.25, -0.2) is 9.98 Å². The second kappa shape index (κ2) is 8.87. The zero-order valence-corrected chi connectivity index (χ0v) is 18.6. The van der Waals surface area contributed by atoms with Crippen molar-refractivity contribution in [2.24, 2.45) is 15.0 Å². The van der Waals surface area contributed by atoms with Gasteiger partial charge in [0.25, 0.3) is 0 Å². The fourth-order valence-corrected chi connectivity index (χ4v) is 4.20. The molecule has 5 nitrogen and oxygen atoms in total. The molecule has 32 heavy (non-hydrogen) atoms. The van der Waals surface area contributed by atoms with E-state index in [1.165, 1.54) is 5.57 Å². The quantitative estimate of drug-likeness (QED) is 0.674. The van der Waals surface area contributed by atoms with Gasteiger partial charge in [-0.15, -0.1) is 0 Å². The van der Waals surface area contributed by atoms with Crippen molar-refractivity contribution in [3.05, 3.63) is 101 Å². The monoisotopic (exact) mass is 421 g/mol. The molecule has 2 aromatic rings. The van der Waals surface area contributed by atoms with Crippen LogP contribution in [-0.2, 0) is 0 Å². The van der Waals surface area contributed by atoms with Crippen LogP contribution in [0.4, 0.5) is 0 Å². The zero-order chi connectivity index (χ0) is 21.9. The summed E-state index contributed by atoms with van der Waals surface area (Å²) in [5.41, 5.74) is 6.44. The third-order valence-corrected chi connectivity index (χ3v) is 5.96. The summed E-state index contributed by atoms with van der Waals surface area (Å²) in [5, 5.41) is 0. The summed E-state index contributed by atoms with van der Waals surface area (Å²) in [7, 11) is 2.06. The molecule has 0 amide bonds. The molecule has 0 bridgehead atoms. The van der Waals surface area contributed by atoms with Crippen molar-refractivity contribution in [1.29, 1.82) is 0 Å². The number of benzene rings is 1. The maximum atomic E-state index is 5.09. The SMILES string of the molecule is CC1=CC(c2cc(C3N=C(C4=CCCC=C4)N=C(c4ccccc4)N3C)ccn2)=NCC1. The van der Waals surface area contributed by atoms with Crippen molar-refractivity contribution in [2.45, 2.75) is 32.4 Å². The van der Waals surface area contributed by atoms with E-state index in [4.69, 9.17) is 15.0 Å². The number of dihydropyridines is 1. The fraction of sp³-hybridized carbons (Fsp3) is 0.259. The van der Waals surface area contributed by atoms with Crippen molar-refractivity contribution in [3.8, 4) is 0 Å². The number of hydrogen-bond donors (Lipinski definition) is 0. The van der Waals surface area contributed by atoms with E-state index < -0.39 is 0 Å². The Morgan fingerprint density at radius 2 is 1.94 bits per heavy atom. The molecule has 1 aromatic heterocycles. The Hall–Kier alpha value is -3.60. The van der Waals surface area contributed by atoms with Gasteiger partial charge in [-0.05, 0) is 44.4 Å². The summed E-state index contributed by atoms with van der Waals surface area (Å²) in [6.45, 7) is 2.97. The van der Waals surface area contributed by atoms with Gasteiger partial charge in [0.15, 0.2) is 12.0 Å². The summed E-state index contributed by atoms with van der Waals surface area (Å²) >= 11 is 0. The van der Waals surface area contributed by atoms with Crippen LogP contribution in [0, 0.1) is 0 Å². The molecule has 1 unspecified atom stereocenters. The molecule has 1 atom stereocenters. The Labute approximate surface area is 189 Å². The molecule has 1 aliphatic carbocycles. The minimum Gasteiger partial charge on any atom is -0.333 e. The van der Waals surface area contributed by atoms with Crippen molar-refractivity contribution < 1.29 is 0 Å². The predicted molar refractivity (Wildman–Crippen MR) is 131 cm³/mol. The normalized spacial score (nSPS) is 20.8. The van der Waals surface area contributed by atoms with Crippen molar-refractivity contribution >= 4 is 17.4 Å². The molecule has 5 rings (SSSR count). The highest BCUT2D eigenvalue weighted by Crippen LogP contribution is 2.29. The van der Waals surface area contributed by atoms with E-state index in [-0.39, 0.29) is 6.17 Å². The summed E-state index contributed by atoms with van der Waals surface area (Å²) in [6.07, 6.45) is 13.5. The van der Waals surface area contributed by atoms with Gasteiger partial charge >= 0.3 is 0 Å². The van der Waals surface area contributed by atoms with Gasteiger partial charge < -0.3 is 4.90 Å². The third kappa shape index (κ3) is 4.11. The smallest absolute Gasteiger partial charge is 0.159 e. The van der Waals surface area contributed by atoms with Crippen LogP contribution in [0.15, 0.2) is 99.1 Å². The van der Waals surface area contributed by atoms with Gasteiger partial charge in [0.05, 0.1) is 11.4 Å². The molecule has 0 radical (unpaired) electrons. The second-order valence-electron chi connectivity index (χ2n) is 8.36. The Morgan fingerprint density at radius 1 is 1.06 bits per heavy atom. The van der Waals surface area contributed by atoms with Gasteiger partial charge in [0.2, 0.25) is 0 Å². The molecule has 160 valence electrons. The molecule has 0 saturated carbocycles. The number of nitrogens with zero attached hydrogens (tertiary/aromatic N) is 5. The lowest BCUT2D eigenvalue weighted by Gasteiger charge is -2.33. The molecular weight excluding hydrogens is 394 g/mol. The van der Waals surface area contributed by atoms with Crippen LogP contribution in [0.2, 0.25) is 0 Å². The highest BCUT2D eigenvalue weighted by molar-refractivity contribution is 6.14. The Morgan fingerprint density at radius 3 is 2.72 bits per heavy atom. The van der Waals surface area contributed by atoms with E-state index in [2.05, 4.69) is 66.4 Å². The predicted octanol–water partition coefficient (Wildman–Crippen LogP) is 5.29. The summed E-state index contributed by atoms with van der Waals surface area (Å²) < 4.78 is 0. The van der Waals surface area contributed by atoms with E-state index in [1.807, 2.05) is 30.5 Å². The number of hydrogen-bond acceptors (Lipinski definition) is 5.